The molecule has 0 atom stereocenters. The van der Waals surface area contributed by atoms with Gasteiger partial charge < -0.3 is 4.90 Å². The first kappa shape index (κ1) is 17.3. The molecule has 7 heteroatoms. The molecule has 2 aromatic rings. The van der Waals surface area contributed by atoms with Crippen molar-refractivity contribution < 1.29 is 18.0 Å². The van der Waals surface area contributed by atoms with Crippen LogP contribution in [0.4, 0.5) is 13.2 Å². The van der Waals surface area contributed by atoms with Gasteiger partial charge in [0.15, 0.2) is 0 Å². The van der Waals surface area contributed by atoms with Crippen LogP contribution in [0.1, 0.15) is 21.6 Å². The van der Waals surface area contributed by atoms with Gasteiger partial charge >= 0.3 is 6.18 Å². The predicted octanol–water partition coefficient (Wildman–Crippen LogP) is 4.07. The Labute approximate surface area is 136 Å². The summed E-state index contributed by atoms with van der Waals surface area (Å²) in [6.45, 7) is 0.382. The third-order valence-corrected chi connectivity index (χ3v) is 3.62. The lowest BCUT2D eigenvalue weighted by Crippen LogP contribution is -2.29. The third kappa shape index (κ3) is 4.45. The van der Waals surface area contributed by atoms with Gasteiger partial charge in [0.05, 0.1) is 16.1 Å². The molecular formula is C16H14ClF3N2O. The Kier molecular flexibility index (Phi) is 5.26. The van der Waals surface area contributed by atoms with Crippen LogP contribution >= 0.6 is 11.6 Å². The lowest BCUT2D eigenvalue weighted by atomic mass is 10.1. The summed E-state index contributed by atoms with van der Waals surface area (Å²) in [6, 6.07) is 8.19. The lowest BCUT2D eigenvalue weighted by molar-refractivity contribution is -0.137. The van der Waals surface area contributed by atoms with Gasteiger partial charge in [-0.05, 0) is 30.3 Å². The van der Waals surface area contributed by atoms with Crippen molar-refractivity contribution in [3.05, 3.63) is 64.4 Å². The summed E-state index contributed by atoms with van der Waals surface area (Å²) in [6.07, 6.45) is -2.29. The maximum Gasteiger partial charge on any atom is 0.416 e. The summed E-state index contributed by atoms with van der Waals surface area (Å²) in [5, 5.41) is -0.213. The fourth-order valence-electron chi connectivity index (χ4n) is 2.00. The van der Waals surface area contributed by atoms with E-state index >= 15 is 0 Å². The number of aromatic nitrogens is 1. The zero-order valence-electron chi connectivity index (χ0n) is 12.3. The van der Waals surface area contributed by atoms with Crippen molar-refractivity contribution in [1.82, 2.24) is 9.88 Å². The number of nitrogens with zero attached hydrogens (tertiary/aromatic N) is 2. The van der Waals surface area contributed by atoms with Crippen LogP contribution in [0.3, 0.4) is 0 Å². The number of carbonyl (C=O) groups is 1. The first-order valence-corrected chi connectivity index (χ1v) is 7.19. The van der Waals surface area contributed by atoms with Crippen molar-refractivity contribution >= 4 is 17.5 Å². The van der Waals surface area contributed by atoms with Crippen LogP contribution in [-0.4, -0.2) is 29.4 Å². The molecule has 0 bridgehead atoms. The molecule has 0 N–H and O–H groups in total. The quantitative estimate of drug-likeness (QED) is 0.839. The van der Waals surface area contributed by atoms with E-state index in [2.05, 4.69) is 4.98 Å². The van der Waals surface area contributed by atoms with Crippen molar-refractivity contribution in [1.29, 1.82) is 0 Å². The van der Waals surface area contributed by atoms with Crippen molar-refractivity contribution in [2.45, 2.75) is 12.6 Å². The maximum absolute atomic E-state index is 12.6. The zero-order valence-corrected chi connectivity index (χ0v) is 13.0. The Morgan fingerprint density at radius 3 is 2.57 bits per heavy atom. The molecule has 23 heavy (non-hydrogen) atoms. The largest absolute Gasteiger partial charge is 0.416 e. The predicted molar refractivity (Wildman–Crippen MR) is 81.4 cm³/mol. The minimum Gasteiger partial charge on any atom is -0.341 e. The van der Waals surface area contributed by atoms with Gasteiger partial charge in [-0.2, -0.15) is 13.2 Å². The standard InChI is InChI=1S/C16H14ClF3N2O/c1-22(9-7-12-4-2-3-8-21-12)15(23)13-6-5-11(10-14(13)17)16(18,19)20/h2-6,8,10H,7,9H2,1H3. The maximum atomic E-state index is 12.6. The van der Waals surface area contributed by atoms with Gasteiger partial charge in [-0.1, -0.05) is 17.7 Å². The Bertz CT molecular complexity index is 689. The van der Waals surface area contributed by atoms with E-state index in [1.807, 2.05) is 12.1 Å². The van der Waals surface area contributed by atoms with E-state index in [1.54, 1.807) is 19.3 Å². The van der Waals surface area contributed by atoms with Gasteiger partial charge in [0, 0.05) is 31.9 Å². The molecule has 2 rings (SSSR count). The van der Waals surface area contributed by atoms with Crippen LogP contribution < -0.4 is 0 Å². The van der Waals surface area contributed by atoms with Crippen molar-refractivity contribution in [3.63, 3.8) is 0 Å². The average molecular weight is 343 g/mol. The Hall–Kier alpha value is -2.08. The summed E-state index contributed by atoms with van der Waals surface area (Å²) in [5.41, 5.74) is -0.0101. The molecule has 0 radical (unpaired) electrons. The highest BCUT2D eigenvalue weighted by molar-refractivity contribution is 6.33. The number of likely N-dealkylation sites (N-methyl/N-ethyl adjacent to an activating group) is 1. The molecular weight excluding hydrogens is 329 g/mol. The van der Waals surface area contributed by atoms with E-state index in [9.17, 15) is 18.0 Å². The van der Waals surface area contributed by atoms with Gasteiger partial charge in [0.1, 0.15) is 0 Å². The highest BCUT2D eigenvalue weighted by Gasteiger charge is 2.31. The van der Waals surface area contributed by atoms with Crippen molar-refractivity contribution in [2.75, 3.05) is 13.6 Å². The lowest BCUT2D eigenvalue weighted by Gasteiger charge is -2.18. The first-order valence-electron chi connectivity index (χ1n) is 6.81. The topological polar surface area (TPSA) is 33.2 Å². The summed E-state index contributed by atoms with van der Waals surface area (Å²) < 4.78 is 37.8. The highest BCUT2D eigenvalue weighted by Crippen LogP contribution is 2.32. The molecule has 0 unspecified atom stereocenters. The van der Waals surface area contributed by atoms with Gasteiger partial charge in [0.25, 0.3) is 5.91 Å². The van der Waals surface area contributed by atoms with Gasteiger partial charge in [-0.3, -0.25) is 9.78 Å². The fraction of sp³-hybridized carbons (Fsp3) is 0.250. The van der Waals surface area contributed by atoms with Crippen LogP contribution in [0.15, 0.2) is 42.6 Å². The summed E-state index contributed by atoms with van der Waals surface area (Å²) >= 11 is 5.83. The number of halogens is 4. The van der Waals surface area contributed by atoms with Crippen LogP contribution in [0.2, 0.25) is 5.02 Å². The molecule has 1 aromatic carbocycles. The van der Waals surface area contributed by atoms with Gasteiger partial charge in [-0.15, -0.1) is 0 Å². The molecule has 0 spiro atoms. The highest BCUT2D eigenvalue weighted by atomic mass is 35.5. The van der Waals surface area contributed by atoms with Gasteiger partial charge in [0.2, 0.25) is 0 Å². The van der Waals surface area contributed by atoms with E-state index in [-0.39, 0.29) is 10.6 Å². The van der Waals surface area contributed by atoms with E-state index < -0.39 is 17.6 Å². The minimum atomic E-state index is -4.49. The second-order valence-corrected chi connectivity index (χ2v) is 5.40. The molecule has 0 saturated heterocycles. The second-order valence-electron chi connectivity index (χ2n) is 4.99. The summed E-state index contributed by atoms with van der Waals surface area (Å²) in [4.78, 5) is 17.8. The smallest absolute Gasteiger partial charge is 0.341 e. The Morgan fingerprint density at radius 2 is 2.00 bits per heavy atom. The number of rotatable bonds is 4. The molecule has 1 amide bonds. The molecule has 0 aliphatic heterocycles. The van der Waals surface area contributed by atoms with Crippen molar-refractivity contribution in [2.24, 2.45) is 0 Å². The average Bonchev–Trinajstić information content (AvgIpc) is 2.52. The number of hydrogen-bond acceptors (Lipinski definition) is 2. The number of pyridine rings is 1. The number of alkyl halides is 3. The molecule has 122 valence electrons. The molecule has 0 aliphatic carbocycles. The molecule has 1 aromatic heterocycles. The Balaban J connectivity index is 2.07. The Morgan fingerprint density at radius 1 is 1.26 bits per heavy atom. The summed E-state index contributed by atoms with van der Waals surface area (Å²) in [5.74, 6) is -0.431. The molecule has 1 heterocycles. The molecule has 0 saturated carbocycles. The monoisotopic (exact) mass is 342 g/mol. The van der Waals surface area contributed by atoms with E-state index in [0.29, 0.717) is 13.0 Å². The third-order valence-electron chi connectivity index (χ3n) is 3.30. The first-order chi connectivity index (χ1) is 10.8. The molecule has 3 nitrogen and oxygen atoms in total. The van der Waals surface area contributed by atoms with E-state index in [1.165, 1.54) is 4.90 Å². The van der Waals surface area contributed by atoms with Crippen LogP contribution in [0.5, 0.6) is 0 Å². The normalized spacial score (nSPS) is 11.3. The fourth-order valence-corrected chi connectivity index (χ4v) is 2.26. The van der Waals surface area contributed by atoms with Crippen LogP contribution in [-0.2, 0) is 12.6 Å². The number of carbonyl (C=O) groups excluding carboxylic acids is 1. The SMILES string of the molecule is CN(CCc1ccccn1)C(=O)c1ccc(C(F)(F)F)cc1Cl. The molecule has 0 fully saturated rings. The summed E-state index contributed by atoms with van der Waals surface area (Å²) in [7, 11) is 1.57. The van der Waals surface area contributed by atoms with Crippen LogP contribution in [0, 0.1) is 0 Å². The number of benzene rings is 1. The van der Waals surface area contributed by atoms with E-state index in [0.717, 1.165) is 23.9 Å². The van der Waals surface area contributed by atoms with E-state index in [4.69, 9.17) is 11.6 Å². The second kappa shape index (κ2) is 7.00. The minimum absolute atomic E-state index is 0.0446. The van der Waals surface area contributed by atoms with Gasteiger partial charge in [-0.25, -0.2) is 0 Å². The van der Waals surface area contributed by atoms with Crippen molar-refractivity contribution in [3.8, 4) is 0 Å². The zero-order chi connectivity index (χ0) is 17.0. The number of hydrogen-bond donors (Lipinski definition) is 0. The number of amides is 1. The molecule has 0 aliphatic rings. The van der Waals surface area contributed by atoms with Crippen LogP contribution in [0.25, 0.3) is 0 Å².